The zero-order chi connectivity index (χ0) is 37.4. The summed E-state index contributed by atoms with van der Waals surface area (Å²) in [7, 11) is 0. The summed E-state index contributed by atoms with van der Waals surface area (Å²) in [6.45, 7) is 9.90. The summed E-state index contributed by atoms with van der Waals surface area (Å²) in [6.07, 6.45) is -8.84. The fourth-order valence-corrected chi connectivity index (χ4v) is 7.19. The van der Waals surface area contributed by atoms with E-state index in [4.69, 9.17) is 4.74 Å². The molecule has 0 spiro atoms. The second kappa shape index (κ2) is 14.2. The van der Waals surface area contributed by atoms with E-state index < -0.39 is 64.3 Å². The van der Waals surface area contributed by atoms with E-state index in [1.165, 1.54) is 37.3 Å². The lowest BCUT2D eigenvalue weighted by atomic mass is 9.79. The maximum atomic E-state index is 14.1. The number of ether oxygens (including phenoxy) is 1. The minimum absolute atomic E-state index is 0.00702. The molecule has 1 fully saturated rings. The summed E-state index contributed by atoms with van der Waals surface area (Å²) in [5.41, 5.74) is -4.34. The Hall–Kier alpha value is -4.12. The van der Waals surface area contributed by atoms with Crippen molar-refractivity contribution in [2.24, 2.45) is 5.92 Å². The second-order valence-corrected chi connectivity index (χ2v) is 15.1. The first-order valence-electron chi connectivity index (χ1n) is 15.9. The number of aryl methyl sites for hydroxylation is 1. The Morgan fingerprint density at radius 3 is 2.00 bits per heavy atom. The first kappa shape index (κ1) is 38.7. The van der Waals surface area contributed by atoms with Gasteiger partial charge in [0.15, 0.2) is 5.78 Å². The number of nitrogens with zero attached hydrogens (tertiary/aromatic N) is 2. The number of rotatable bonds is 8. The van der Waals surface area contributed by atoms with Crippen LogP contribution in [0.1, 0.15) is 80.2 Å². The van der Waals surface area contributed by atoms with Crippen molar-refractivity contribution in [1.29, 1.82) is 5.26 Å². The number of nitrogens with one attached hydrogen (secondary N) is 1. The van der Waals surface area contributed by atoms with E-state index in [2.05, 4.69) is 11.4 Å². The molecule has 1 aromatic heterocycles. The summed E-state index contributed by atoms with van der Waals surface area (Å²) in [5, 5.41) is 13.3. The highest BCUT2D eigenvalue weighted by atomic mass is 32.1. The van der Waals surface area contributed by atoms with Crippen LogP contribution in [-0.2, 0) is 33.7 Å². The van der Waals surface area contributed by atoms with Gasteiger partial charge in [0.2, 0.25) is 0 Å². The quantitative estimate of drug-likeness (QED) is 0.234. The van der Waals surface area contributed by atoms with Crippen LogP contribution in [-0.4, -0.2) is 42.0 Å². The van der Waals surface area contributed by atoms with Gasteiger partial charge >= 0.3 is 18.4 Å². The lowest BCUT2D eigenvalue weighted by molar-refractivity contribution is -0.143. The van der Waals surface area contributed by atoms with E-state index in [1.807, 2.05) is 0 Å². The predicted molar refractivity (Wildman–Crippen MR) is 176 cm³/mol. The topological polar surface area (TPSA) is 82.4 Å². The van der Waals surface area contributed by atoms with E-state index in [-0.39, 0.29) is 23.2 Å². The molecule has 1 aliphatic rings. The van der Waals surface area contributed by atoms with Gasteiger partial charge in [0, 0.05) is 18.0 Å². The number of amides is 1. The van der Waals surface area contributed by atoms with E-state index in [1.54, 1.807) is 38.7 Å². The van der Waals surface area contributed by atoms with Gasteiger partial charge < -0.3 is 15.0 Å². The molecule has 0 aliphatic carbocycles. The zero-order valence-corrected chi connectivity index (χ0v) is 29.3. The molecule has 6 nitrogen and oxygen atoms in total. The number of thiophene rings is 1. The largest absolute Gasteiger partial charge is 0.444 e. The van der Waals surface area contributed by atoms with Gasteiger partial charge in [-0.1, -0.05) is 6.07 Å². The lowest BCUT2D eigenvalue weighted by Crippen LogP contribution is -2.42. The fourth-order valence-electron chi connectivity index (χ4n) is 5.76. The Kier molecular flexibility index (Phi) is 11.0. The predicted octanol–water partition coefficient (Wildman–Crippen LogP) is 9.92. The summed E-state index contributed by atoms with van der Waals surface area (Å²) >= 11 is 1.28. The minimum Gasteiger partial charge on any atom is -0.444 e. The third kappa shape index (κ3) is 8.96. The van der Waals surface area contributed by atoms with Crippen LogP contribution in [0, 0.1) is 30.0 Å². The van der Waals surface area contributed by atoms with Crippen LogP contribution in [0.5, 0.6) is 0 Å². The Bertz CT molecular complexity index is 1760. The van der Waals surface area contributed by atoms with Crippen molar-refractivity contribution in [2.75, 3.05) is 25.0 Å². The van der Waals surface area contributed by atoms with Crippen LogP contribution < -0.4 is 5.32 Å². The number of hydrogen-bond donors (Lipinski definition) is 1. The van der Waals surface area contributed by atoms with Gasteiger partial charge in [-0.25, -0.2) is 9.18 Å². The molecule has 2 heterocycles. The third-order valence-electron chi connectivity index (χ3n) is 8.70. The summed E-state index contributed by atoms with van der Waals surface area (Å²) in [5.74, 6) is -1.11. The Balaban J connectivity index is 1.64. The SMILES string of the molecule is Cc1cc(F)ccc1-c1sc(CC2CCN(C(=O)OC(C)(C)C)CC2)c(C#N)c1NCC(=O)C(C)(C)c1cc(C(F)(F)F)cc(C(F)(F)F)c1. The van der Waals surface area contributed by atoms with Gasteiger partial charge in [0.05, 0.1) is 39.2 Å². The first-order chi connectivity index (χ1) is 23.0. The molecule has 0 bridgehead atoms. The molecule has 1 aliphatic heterocycles. The van der Waals surface area contributed by atoms with Gasteiger partial charge in [-0.05, 0) is 114 Å². The number of alkyl halides is 6. The van der Waals surface area contributed by atoms with Gasteiger partial charge in [0.1, 0.15) is 17.5 Å². The number of ketones is 1. The van der Waals surface area contributed by atoms with Crippen LogP contribution in [0.15, 0.2) is 36.4 Å². The summed E-state index contributed by atoms with van der Waals surface area (Å²) < 4.78 is 101. The van der Waals surface area contributed by atoms with E-state index >= 15 is 0 Å². The van der Waals surface area contributed by atoms with Gasteiger partial charge in [-0.15, -0.1) is 11.3 Å². The molecule has 2 aromatic carbocycles. The zero-order valence-electron chi connectivity index (χ0n) is 28.5. The lowest BCUT2D eigenvalue weighted by Gasteiger charge is -2.33. The van der Waals surface area contributed by atoms with Crippen LogP contribution in [0.25, 0.3) is 10.4 Å². The van der Waals surface area contributed by atoms with Crippen molar-refractivity contribution in [3.05, 3.63) is 74.9 Å². The normalized spacial score (nSPS) is 14.8. The van der Waals surface area contributed by atoms with Crippen molar-refractivity contribution >= 4 is 28.9 Å². The van der Waals surface area contributed by atoms with Crippen molar-refractivity contribution < 1.29 is 45.1 Å². The molecule has 14 heteroatoms. The number of piperidine rings is 1. The van der Waals surface area contributed by atoms with Gasteiger partial charge in [-0.2, -0.15) is 31.6 Å². The molecular weight excluding hydrogens is 687 g/mol. The number of hydrogen-bond acceptors (Lipinski definition) is 6. The average molecular weight is 726 g/mol. The number of Topliss-reactive ketones (excluding diaryl/α,β-unsaturated/α-hetero) is 1. The van der Waals surface area contributed by atoms with Crippen molar-refractivity contribution in [1.82, 2.24) is 4.90 Å². The standard InChI is InChI=1S/C36H38F7N3O3S/c1-20-13-25(37)7-8-26(20)31-30(27(18-44)28(50-31)14-21-9-11-46(12-10-21)32(48)49-33(2,3)4)45-19-29(47)34(5,6)22-15-23(35(38,39)40)17-24(16-22)36(41,42)43/h7-8,13,15-17,21,45H,9-12,14,19H2,1-6H3. The monoisotopic (exact) mass is 725 g/mol. The number of likely N-dealkylation sites (tertiary alicyclic amines) is 1. The Labute approximate surface area is 290 Å². The summed E-state index contributed by atoms with van der Waals surface area (Å²) in [6, 6.07) is 7.40. The van der Waals surface area contributed by atoms with Crippen molar-refractivity contribution in [2.45, 2.75) is 84.2 Å². The molecule has 50 heavy (non-hydrogen) atoms. The summed E-state index contributed by atoms with van der Waals surface area (Å²) in [4.78, 5) is 29.0. The average Bonchev–Trinajstić information content (AvgIpc) is 3.34. The van der Waals surface area contributed by atoms with Crippen molar-refractivity contribution in [3.63, 3.8) is 0 Å². The van der Waals surface area contributed by atoms with Crippen LogP contribution in [0.4, 0.5) is 41.2 Å². The van der Waals surface area contributed by atoms with E-state index in [0.29, 0.717) is 65.4 Å². The smallest absolute Gasteiger partial charge is 0.416 e. The van der Waals surface area contributed by atoms with Gasteiger partial charge in [0.25, 0.3) is 0 Å². The van der Waals surface area contributed by atoms with Crippen LogP contribution >= 0.6 is 11.3 Å². The van der Waals surface area contributed by atoms with Crippen molar-refractivity contribution in [3.8, 4) is 16.5 Å². The second-order valence-electron chi connectivity index (χ2n) is 14.0. The molecule has 3 aromatic rings. The molecule has 0 saturated carbocycles. The molecule has 0 atom stereocenters. The number of carbonyl (C=O) groups excluding carboxylic acids is 2. The molecule has 4 rings (SSSR count). The number of nitriles is 1. The highest BCUT2D eigenvalue weighted by Gasteiger charge is 2.40. The van der Waals surface area contributed by atoms with E-state index in [0.717, 1.165) is 0 Å². The van der Waals surface area contributed by atoms with Crippen LogP contribution in [0.2, 0.25) is 0 Å². The highest BCUT2D eigenvalue weighted by Crippen LogP contribution is 2.44. The maximum absolute atomic E-state index is 14.1. The molecule has 0 unspecified atom stereocenters. The van der Waals surface area contributed by atoms with Crippen LogP contribution in [0.3, 0.4) is 0 Å². The number of benzene rings is 2. The highest BCUT2D eigenvalue weighted by molar-refractivity contribution is 7.16. The fraction of sp³-hybridized carbons (Fsp3) is 0.472. The number of anilines is 1. The Morgan fingerprint density at radius 1 is 0.940 bits per heavy atom. The third-order valence-corrected chi connectivity index (χ3v) is 9.94. The maximum Gasteiger partial charge on any atom is 0.416 e. The molecule has 0 radical (unpaired) electrons. The minimum atomic E-state index is -5.09. The first-order valence-corrected chi connectivity index (χ1v) is 16.7. The van der Waals surface area contributed by atoms with Gasteiger partial charge in [-0.3, -0.25) is 4.79 Å². The molecule has 1 N–H and O–H groups in total. The molecule has 270 valence electrons. The number of halogens is 7. The Morgan fingerprint density at radius 2 is 1.50 bits per heavy atom. The van der Waals surface area contributed by atoms with E-state index in [9.17, 15) is 45.6 Å². The molecule has 1 amide bonds. The molecular formula is C36H38F7N3O3S. The number of carbonyl (C=O) groups is 2. The molecule has 1 saturated heterocycles.